The largest absolute Gasteiger partial charge is 0.265 e. The van der Waals surface area contributed by atoms with E-state index in [1.54, 1.807) is 12.4 Å². The Morgan fingerprint density at radius 2 is 1.62 bits per heavy atom. The summed E-state index contributed by atoms with van der Waals surface area (Å²) in [5.74, 6) is 0. The zero-order valence-corrected chi connectivity index (χ0v) is 8.46. The van der Waals surface area contributed by atoms with Gasteiger partial charge in [0, 0.05) is 18.0 Å². The molecule has 1 radical (unpaired) electrons. The van der Waals surface area contributed by atoms with Crippen LogP contribution in [0.25, 0.3) is 22.3 Å². The van der Waals surface area contributed by atoms with Gasteiger partial charge >= 0.3 is 0 Å². The summed E-state index contributed by atoms with van der Waals surface area (Å²) in [6, 6.07) is 11.6. The molecule has 0 N–H and O–H groups in total. The highest BCUT2D eigenvalue weighted by molar-refractivity contribution is 5.76. The molecule has 2 aromatic heterocycles. The third-order valence-electron chi connectivity index (χ3n) is 2.35. The van der Waals surface area contributed by atoms with Crippen LogP contribution in [0, 0.1) is 6.20 Å². The molecule has 2 heterocycles. The smallest absolute Gasteiger partial charge is 0.118 e. The van der Waals surface area contributed by atoms with Crippen LogP contribution in [0.15, 0.2) is 48.8 Å². The Bertz CT molecular complexity index is 620. The van der Waals surface area contributed by atoms with Gasteiger partial charge in [-0.15, -0.1) is 0 Å². The first-order chi connectivity index (χ1) is 7.93. The molecule has 0 aliphatic carbocycles. The molecule has 0 spiro atoms. The molecule has 16 heavy (non-hydrogen) atoms. The van der Waals surface area contributed by atoms with Crippen LogP contribution in [0.5, 0.6) is 0 Å². The fraction of sp³-hybridized carbons (Fsp3) is 0. The van der Waals surface area contributed by atoms with Gasteiger partial charge in [-0.2, -0.15) is 0 Å². The molecule has 0 aliphatic heterocycles. The summed E-state index contributed by atoms with van der Waals surface area (Å²) >= 11 is 0. The lowest BCUT2D eigenvalue weighted by molar-refractivity contribution is 1.26. The predicted molar refractivity (Wildman–Crippen MR) is 61.6 cm³/mol. The molecule has 0 unspecified atom stereocenters. The summed E-state index contributed by atoms with van der Waals surface area (Å²) in [5, 5.41) is 0. The van der Waals surface area contributed by atoms with Gasteiger partial charge < -0.3 is 0 Å². The molecule has 3 aromatic rings. The summed E-state index contributed by atoms with van der Waals surface area (Å²) in [7, 11) is 0. The highest BCUT2D eigenvalue weighted by atomic mass is 14.8. The second-order valence-electron chi connectivity index (χ2n) is 3.41. The number of pyridine rings is 1. The second-order valence-corrected chi connectivity index (χ2v) is 3.41. The average Bonchev–Trinajstić information content (AvgIpc) is 2.39. The van der Waals surface area contributed by atoms with Crippen LogP contribution < -0.4 is 0 Å². The van der Waals surface area contributed by atoms with E-state index in [0.717, 1.165) is 22.3 Å². The van der Waals surface area contributed by atoms with Gasteiger partial charge in [0.25, 0.3) is 0 Å². The normalized spacial score (nSPS) is 10.5. The minimum atomic E-state index is 0.751. The Labute approximate surface area is 92.8 Å². The molecule has 3 nitrogen and oxygen atoms in total. The molecular formula is C13H8N3. The van der Waals surface area contributed by atoms with Gasteiger partial charge in [0.1, 0.15) is 6.20 Å². The third kappa shape index (κ3) is 1.52. The minimum absolute atomic E-state index is 0.751. The van der Waals surface area contributed by atoms with Gasteiger partial charge in [-0.05, 0) is 24.3 Å². The fourth-order valence-electron chi connectivity index (χ4n) is 1.55. The molecule has 0 fully saturated rings. The number of rotatable bonds is 1. The standard InChI is InChI=1S/C13H8N3/c1-2-4-12-11(3-1)15-9-13(16-12)10-5-7-14-8-6-10/h1-8H. The summed E-state index contributed by atoms with van der Waals surface area (Å²) in [5.41, 5.74) is 3.47. The molecular weight excluding hydrogens is 198 g/mol. The van der Waals surface area contributed by atoms with E-state index in [4.69, 9.17) is 0 Å². The van der Waals surface area contributed by atoms with Crippen LogP contribution >= 0.6 is 0 Å². The first-order valence-electron chi connectivity index (χ1n) is 4.98. The van der Waals surface area contributed by atoms with E-state index in [1.165, 1.54) is 0 Å². The van der Waals surface area contributed by atoms with Crippen molar-refractivity contribution in [2.75, 3.05) is 0 Å². The van der Waals surface area contributed by atoms with Crippen molar-refractivity contribution < 1.29 is 0 Å². The zero-order chi connectivity index (χ0) is 10.8. The number of nitrogens with zero attached hydrogens (tertiary/aromatic N) is 3. The molecule has 0 aliphatic rings. The maximum absolute atomic E-state index is 4.50. The lowest BCUT2D eigenvalue weighted by Crippen LogP contribution is -1.88. The van der Waals surface area contributed by atoms with Gasteiger partial charge in [0.2, 0.25) is 0 Å². The van der Waals surface area contributed by atoms with E-state index >= 15 is 0 Å². The topological polar surface area (TPSA) is 38.7 Å². The average molecular weight is 206 g/mol. The summed E-state index contributed by atoms with van der Waals surface area (Å²) in [6.07, 6.45) is 6.41. The number of fused-ring (bicyclic) bond motifs is 1. The number of benzene rings is 1. The van der Waals surface area contributed by atoms with Gasteiger partial charge in [-0.3, -0.25) is 4.98 Å². The number of aromatic nitrogens is 3. The second kappa shape index (κ2) is 3.70. The SMILES string of the molecule is [c]1nc2ccccc2nc1-c1ccncc1. The highest BCUT2D eigenvalue weighted by Gasteiger charge is 2.01. The van der Waals surface area contributed by atoms with Crippen molar-refractivity contribution in [2.24, 2.45) is 0 Å². The Hall–Kier alpha value is -2.29. The van der Waals surface area contributed by atoms with Crippen LogP contribution in [0.4, 0.5) is 0 Å². The van der Waals surface area contributed by atoms with Crippen LogP contribution in [-0.4, -0.2) is 15.0 Å². The Balaban J connectivity index is 2.19. The Kier molecular flexibility index (Phi) is 2.07. The van der Waals surface area contributed by atoms with E-state index < -0.39 is 0 Å². The lowest BCUT2D eigenvalue weighted by atomic mass is 10.2. The Morgan fingerprint density at radius 3 is 2.44 bits per heavy atom. The predicted octanol–water partition coefficient (Wildman–Crippen LogP) is 2.49. The first-order valence-corrected chi connectivity index (χ1v) is 4.98. The van der Waals surface area contributed by atoms with Gasteiger partial charge in [0.15, 0.2) is 0 Å². The summed E-state index contributed by atoms with van der Waals surface area (Å²) < 4.78 is 0. The van der Waals surface area contributed by atoms with Crippen molar-refractivity contribution in [1.29, 1.82) is 0 Å². The Morgan fingerprint density at radius 1 is 0.875 bits per heavy atom. The summed E-state index contributed by atoms with van der Waals surface area (Å²) in [4.78, 5) is 12.7. The van der Waals surface area contributed by atoms with E-state index in [1.807, 2.05) is 36.4 Å². The van der Waals surface area contributed by atoms with Crippen LogP contribution in [0.3, 0.4) is 0 Å². The molecule has 0 saturated heterocycles. The molecule has 0 bridgehead atoms. The van der Waals surface area contributed by atoms with E-state index in [0.29, 0.717) is 0 Å². The minimum Gasteiger partial charge on any atom is -0.265 e. The number of hydrogen-bond donors (Lipinski definition) is 0. The van der Waals surface area contributed by atoms with Crippen molar-refractivity contribution in [2.45, 2.75) is 0 Å². The molecule has 0 saturated carbocycles. The van der Waals surface area contributed by atoms with E-state index in [2.05, 4.69) is 21.1 Å². The van der Waals surface area contributed by atoms with Crippen molar-refractivity contribution in [3.63, 3.8) is 0 Å². The molecule has 1 aromatic carbocycles. The van der Waals surface area contributed by atoms with Gasteiger partial charge in [-0.1, -0.05) is 12.1 Å². The monoisotopic (exact) mass is 206 g/mol. The molecule has 3 rings (SSSR count). The van der Waals surface area contributed by atoms with Crippen LogP contribution in [0.2, 0.25) is 0 Å². The molecule has 3 heteroatoms. The molecule has 0 amide bonds. The molecule has 0 atom stereocenters. The van der Waals surface area contributed by atoms with Crippen molar-refractivity contribution in [1.82, 2.24) is 15.0 Å². The fourth-order valence-corrected chi connectivity index (χ4v) is 1.55. The third-order valence-corrected chi connectivity index (χ3v) is 2.35. The van der Waals surface area contributed by atoms with Crippen molar-refractivity contribution in [3.8, 4) is 11.3 Å². The van der Waals surface area contributed by atoms with Crippen LogP contribution in [-0.2, 0) is 0 Å². The lowest BCUT2D eigenvalue weighted by Gasteiger charge is -2.00. The maximum Gasteiger partial charge on any atom is 0.118 e. The van der Waals surface area contributed by atoms with Gasteiger partial charge in [0.05, 0.1) is 16.7 Å². The number of para-hydroxylation sites is 2. The van der Waals surface area contributed by atoms with Crippen LogP contribution in [0.1, 0.15) is 0 Å². The summed E-state index contributed by atoms with van der Waals surface area (Å²) in [6.45, 7) is 0. The van der Waals surface area contributed by atoms with Crippen molar-refractivity contribution in [3.05, 3.63) is 55.0 Å². The zero-order valence-electron chi connectivity index (χ0n) is 8.46. The quantitative estimate of drug-likeness (QED) is 0.614. The maximum atomic E-state index is 4.50. The van der Waals surface area contributed by atoms with E-state index in [9.17, 15) is 0 Å². The van der Waals surface area contributed by atoms with Crippen molar-refractivity contribution >= 4 is 11.0 Å². The van der Waals surface area contributed by atoms with Gasteiger partial charge in [-0.25, -0.2) is 9.97 Å². The highest BCUT2D eigenvalue weighted by Crippen LogP contribution is 2.17. The van der Waals surface area contributed by atoms with E-state index in [-0.39, 0.29) is 0 Å². The number of hydrogen-bond acceptors (Lipinski definition) is 3. The molecule has 75 valence electrons. The first kappa shape index (κ1) is 8.97.